The Morgan fingerprint density at radius 3 is 2.62 bits per heavy atom. The van der Waals surface area contributed by atoms with Crippen molar-refractivity contribution in [1.82, 2.24) is 9.88 Å². The molecule has 4 heteroatoms. The highest BCUT2D eigenvalue weighted by Gasteiger charge is 2.19. The van der Waals surface area contributed by atoms with Gasteiger partial charge in [0.15, 0.2) is 0 Å². The lowest BCUT2D eigenvalue weighted by atomic mass is 10.2. The molecule has 0 fully saturated rings. The monoisotopic (exact) mass is 260 g/mol. The maximum absolute atomic E-state index is 5.79. The number of hydrogen-bond acceptors (Lipinski definition) is 3. The van der Waals surface area contributed by atoms with Gasteiger partial charge in [0, 0.05) is 5.38 Å². The summed E-state index contributed by atoms with van der Waals surface area (Å²) in [5.74, 6) is 0.521. The number of halogens is 1. The van der Waals surface area contributed by atoms with E-state index in [2.05, 4.69) is 36.0 Å². The first-order chi connectivity index (χ1) is 7.76. The Hall–Kier alpha value is -0.120. The molecule has 1 unspecified atom stereocenters. The van der Waals surface area contributed by atoms with E-state index in [1.807, 2.05) is 0 Å². The summed E-state index contributed by atoms with van der Waals surface area (Å²) in [5.41, 5.74) is 1.01. The molecule has 1 aromatic rings. The Balaban J connectivity index is 2.78. The van der Waals surface area contributed by atoms with Crippen molar-refractivity contribution in [2.45, 2.75) is 45.5 Å². The molecule has 92 valence electrons. The molecule has 0 amide bonds. The molecule has 0 radical (unpaired) electrons. The van der Waals surface area contributed by atoms with Crippen molar-refractivity contribution in [2.24, 2.45) is 0 Å². The molecule has 0 aliphatic carbocycles. The van der Waals surface area contributed by atoms with E-state index in [9.17, 15) is 0 Å². The molecule has 0 aliphatic heterocycles. The number of nitrogens with zero attached hydrogens (tertiary/aromatic N) is 2. The second-order valence-electron chi connectivity index (χ2n) is 3.86. The molecule has 0 saturated heterocycles. The molecule has 0 aliphatic rings. The molecule has 0 aromatic carbocycles. The minimum absolute atomic E-state index is 0.465. The van der Waals surface area contributed by atoms with Gasteiger partial charge in [0.1, 0.15) is 5.01 Å². The summed E-state index contributed by atoms with van der Waals surface area (Å²) in [4.78, 5) is 7.09. The summed E-state index contributed by atoms with van der Waals surface area (Å²) >= 11 is 7.53. The van der Waals surface area contributed by atoms with Gasteiger partial charge in [-0.15, -0.1) is 22.9 Å². The minimum atomic E-state index is 0.465. The fourth-order valence-corrected chi connectivity index (χ4v) is 3.21. The van der Waals surface area contributed by atoms with Crippen LogP contribution in [-0.4, -0.2) is 23.0 Å². The van der Waals surface area contributed by atoms with Gasteiger partial charge in [-0.25, -0.2) is 4.98 Å². The van der Waals surface area contributed by atoms with Crippen molar-refractivity contribution in [3.63, 3.8) is 0 Å². The molecule has 1 aromatic heterocycles. The number of hydrogen-bond donors (Lipinski definition) is 0. The molecule has 0 N–H and O–H groups in total. The normalized spacial score (nSPS) is 13.3. The molecule has 0 saturated carbocycles. The zero-order valence-corrected chi connectivity index (χ0v) is 11.9. The van der Waals surface area contributed by atoms with Gasteiger partial charge in [0.05, 0.1) is 17.6 Å². The maximum Gasteiger partial charge on any atom is 0.110 e. The van der Waals surface area contributed by atoms with E-state index in [0.29, 0.717) is 11.9 Å². The van der Waals surface area contributed by atoms with Crippen LogP contribution in [0.5, 0.6) is 0 Å². The van der Waals surface area contributed by atoms with Crippen molar-refractivity contribution in [3.05, 3.63) is 16.1 Å². The van der Waals surface area contributed by atoms with Gasteiger partial charge in [0.25, 0.3) is 0 Å². The smallest absolute Gasteiger partial charge is 0.110 e. The molecule has 2 nitrogen and oxygen atoms in total. The van der Waals surface area contributed by atoms with Gasteiger partial charge >= 0.3 is 0 Å². The van der Waals surface area contributed by atoms with Gasteiger partial charge < -0.3 is 0 Å². The van der Waals surface area contributed by atoms with E-state index >= 15 is 0 Å². The number of rotatable bonds is 7. The van der Waals surface area contributed by atoms with Crippen LogP contribution in [0.3, 0.4) is 0 Å². The standard InChI is InChI=1S/C12H21ClN2S/c1-4-7-15(6-3)11(5-2)12-14-10(8-13)9-16-12/h9,11H,4-8H2,1-3H3. The second-order valence-corrected chi connectivity index (χ2v) is 5.02. The zero-order chi connectivity index (χ0) is 12.0. The molecule has 1 rings (SSSR count). The number of thiazole rings is 1. The van der Waals surface area contributed by atoms with Crippen LogP contribution < -0.4 is 0 Å². The van der Waals surface area contributed by atoms with E-state index in [4.69, 9.17) is 11.6 Å². The molecule has 0 bridgehead atoms. The average molecular weight is 261 g/mol. The summed E-state index contributed by atoms with van der Waals surface area (Å²) in [6.45, 7) is 8.90. The minimum Gasteiger partial charge on any atom is -0.294 e. The van der Waals surface area contributed by atoms with Gasteiger partial charge in [-0.05, 0) is 25.9 Å². The van der Waals surface area contributed by atoms with Crippen LogP contribution >= 0.6 is 22.9 Å². The quantitative estimate of drug-likeness (QED) is 0.687. The fraction of sp³-hybridized carbons (Fsp3) is 0.750. The number of alkyl halides is 1. The lowest BCUT2D eigenvalue weighted by Gasteiger charge is -2.27. The lowest BCUT2D eigenvalue weighted by molar-refractivity contribution is 0.202. The number of aromatic nitrogens is 1. The summed E-state index contributed by atoms with van der Waals surface area (Å²) in [6, 6.07) is 0.465. The van der Waals surface area contributed by atoms with Gasteiger partial charge in [-0.1, -0.05) is 20.8 Å². The molecular weight excluding hydrogens is 240 g/mol. The van der Waals surface area contributed by atoms with Crippen LogP contribution in [0.2, 0.25) is 0 Å². The predicted octanol–water partition coefficient (Wildman–Crippen LogP) is 4.06. The SMILES string of the molecule is CCCN(CC)C(CC)c1nc(CCl)cs1. The molecule has 1 atom stereocenters. The Bertz CT molecular complexity index is 301. The summed E-state index contributed by atoms with van der Waals surface area (Å²) in [7, 11) is 0. The molecular formula is C12H21ClN2S. The van der Waals surface area contributed by atoms with Crippen LogP contribution in [0.25, 0.3) is 0 Å². The van der Waals surface area contributed by atoms with Crippen LogP contribution in [0.1, 0.15) is 50.4 Å². The first-order valence-electron chi connectivity index (χ1n) is 6.01. The van der Waals surface area contributed by atoms with Crippen molar-refractivity contribution in [1.29, 1.82) is 0 Å². The Kier molecular flexibility index (Phi) is 6.32. The van der Waals surface area contributed by atoms with Gasteiger partial charge in [-0.3, -0.25) is 4.90 Å². The largest absolute Gasteiger partial charge is 0.294 e. The molecule has 1 heterocycles. The highest BCUT2D eigenvalue weighted by atomic mass is 35.5. The maximum atomic E-state index is 5.79. The van der Waals surface area contributed by atoms with Crippen LogP contribution in [-0.2, 0) is 5.88 Å². The fourth-order valence-electron chi connectivity index (χ4n) is 1.95. The first-order valence-corrected chi connectivity index (χ1v) is 7.42. The van der Waals surface area contributed by atoms with Crippen molar-refractivity contribution < 1.29 is 0 Å². The Morgan fingerprint density at radius 1 is 1.44 bits per heavy atom. The summed E-state index contributed by atoms with van der Waals surface area (Å²) in [6.07, 6.45) is 2.31. The van der Waals surface area contributed by atoms with E-state index < -0.39 is 0 Å². The average Bonchev–Trinajstić information content (AvgIpc) is 2.77. The summed E-state index contributed by atoms with van der Waals surface area (Å²) in [5, 5.41) is 3.29. The van der Waals surface area contributed by atoms with Crippen LogP contribution in [0.15, 0.2) is 5.38 Å². The van der Waals surface area contributed by atoms with Crippen LogP contribution in [0, 0.1) is 0 Å². The highest BCUT2D eigenvalue weighted by Crippen LogP contribution is 2.27. The third-order valence-corrected chi connectivity index (χ3v) is 4.00. The highest BCUT2D eigenvalue weighted by molar-refractivity contribution is 7.09. The van der Waals surface area contributed by atoms with E-state index in [-0.39, 0.29) is 0 Å². The van der Waals surface area contributed by atoms with Crippen molar-refractivity contribution in [3.8, 4) is 0 Å². The molecule has 0 spiro atoms. The second kappa shape index (κ2) is 7.25. The van der Waals surface area contributed by atoms with Gasteiger partial charge in [0.2, 0.25) is 0 Å². The van der Waals surface area contributed by atoms with Gasteiger partial charge in [-0.2, -0.15) is 0 Å². The van der Waals surface area contributed by atoms with E-state index in [0.717, 1.165) is 25.2 Å². The van der Waals surface area contributed by atoms with Crippen molar-refractivity contribution in [2.75, 3.05) is 13.1 Å². The summed E-state index contributed by atoms with van der Waals surface area (Å²) < 4.78 is 0. The van der Waals surface area contributed by atoms with E-state index in [1.54, 1.807) is 11.3 Å². The third kappa shape index (κ3) is 3.44. The Morgan fingerprint density at radius 2 is 2.19 bits per heavy atom. The van der Waals surface area contributed by atoms with Crippen LogP contribution in [0.4, 0.5) is 0 Å². The van der Waals surface area contributed by atoms with E-state index in [1.165, 1.54) is 11.4 Å². The lowest BCUT2D eigenvalue weighted by Crippen LogP contribution is -2.29. The third-order valence-electron chi connectivity index (χ3n) is 2.74. The Labute approximate surface area is 108 Å². The first kappa shape index (κ1) is 13.9. The molecule has 16 heavy (non-hydrogen) atoms. The topological polar surface area (TPSA) is 16.1 Å². The predicted molar refractivity (Wildman–Crippen MR) is 72.2 cm³/mol. The zero-order valence-electron chi connectivity index (χ0n) is 10.4. The van der Waals surface area contributed by atoms with Crippen molar-refractivity contribution >= 4 is 22.9 Å².